The van der Waals surface area contributed by atoms with Crippen molar-refractivity contribution in [2.75, 3.05) is 13.1 Å². The number of piperidine rings is 1. The van der Waals surface area contributed by atoms with Crippen LogP contribution >= 0.6 is 0 Å². The van der Waals surface area contributed by atoms with Gasteiger partial charge in [0.15, 0.2) is 9.84 Å². The van der Waals surface area contributed by atoms with Crippen molar-refractivity contribution in [3.8, 4) is 0 Å². The Balaban J connectivity index is 2.34. The normalized spacial score (nSPS) is 20.8. The second-order valence-corrected chi connectivity index (χ2v) is 7.07. The zero-order chi connectivity index (χ0) is 13.0. The van der Waals surface area contributed by atoms with Crippen molar-refractivity contribution in [1.82, 2.24) is 5.32 Å². The summed E-state index contributed by atoms with van der Waals surface area (Å²) in [5.41, 5.74) is 0.963. The fraction of sp³-hybridized carbons (Fsp3) is 0.571. The fourth-order valence-corrected chi connectivity index (χ4v) is 4.50. The number of benzene rings is 1. The van der Waals surface area contributed by atoms with E-state index in [-0.39, 0.29) is 5.25 Å². The Kier molecular flexibility index (Phi) is 4.40. The highest BCUT2D eigenvalue weighted by molar-refractivity contribution is 7.92. The molecule has 100 valence electrons. The molecule has 1 N–H and O–H groups in total. The molecular weight excluding hydrogens is 246 g/mol. The first kappa shape index (κ1) is 13.6. The molecule has 0 bridgehead atoms. The number of sulfone groups is 1. The first-order chi connectivity index (χ1) is 8.66. The lowest BCUT2D eigenvalue weighted by molar-refractivity contribution is 0.496. The van der Waals surface area contributed by atoms with Gasteiger partial charge < -0.3 is 5.32 Å². The van der Waals surface area contributed by atoms with Crippen LogP contribution in [0.5, 0.6) is 0 Å². The van der Waals surface area contributed by atoms with Crippen LogP contribution in [0.15, 0.2) is 29.2 Å². The van der Waals surface area contributed by atoms with Crippen LogP contribution in [0.1, 0.15) is 31.7 Å². The molecule has 0 spiro atoms. The molecule has 0 saturated carbocycles. The monoisotopic (exact) mass is 267 g/mol. The first-order valence-corrected chi connectivity index (χ1v) is 8.23. The lowest BCUT2D eigenvalue weighted by Crippen LogP contribution is -2.39. The van der Waals surface area contributed by atoms with Crippen LogP contribution in [-0.4, -0.2) is 26.8 Å². The van der Waals surface area contributed by atoms with Crippen LogP contribution in [0.25, 0.3) is 0 Å². The van der Waals surface area contributed by atoms with Crippen molar-refractivity contribution in [3.05, 3.63) is 29.8 Å². The van der Waals surface area contributed by atoms with Gasteiger partial charge in [-0.3, -0.25) is 0 Å². The summed E-state index contributed by atoms with van der Waals surface area (Å²) in [6.07, 6.45) is 3.51. The number of rotatable bonds is 4. The fourth-order valence-electron chi connectivity index (χ4n) is 2.52. The third-order valence-corrected chi connectivity index (χ3v) is 5.78. The van der Waals surface area contributed by atoms with Crippen molar-refractivity contribution in [3.63, 3.8) is 0 Å². The van der Waals surface area contributed by atoms with Gasteiger partial charge in [-0.1, -0.05) is 31.5 Å². The van der Waals surface area contributed by atoms with E-state index < -0.39 is 9.84 Å². The van der Waals surface area contributed by atoms with E-state index in [9.17, 15) is 8.42 Å². The molecule has 0 amide bonds. The Morgan fingerprint density at radius 3 is 2.78 bits per heavy atom. The predicted molar refractivity (Wildman–Crippen MR) is 73.5 cm³/mol. The Bertz CT molecular complexity index is 490. The molecule has 0 aliphatic carbocycles. The maximum atomic E-state index is 12.6. The highest BCUT2D eigenvalue weighted by Crippen LogP contribution is 2.24. The van der Waals surface area contributed by atoms with Gasteiger partial charge in [0, 0.05) is 6.54 Å². The summed E-state index contributed by atoms with van der Waals surface area (Å²) in [5, 5.41) is 2.92. The summed E-state index contributed by atoms with van der Waals surface area (Å²) in [7, 11) is -3.18. The highest BCUT2D eigenvalue weighted by Gasteiger charge is 2.30. The van der Waals surface area contributed by atoms with Crippen molar-refractivity contribution in [2.45, 2.75) is 42.8 Å². The topological polar surface area (TPSA) is 46.2 Å². The quantitative estimate of drug-likeness (QED) is 0.909. The van der Waals surface area contributed by atoms with Crippen molar-refractivity contribution >= 4 is 9.84 Å². The van der Waals surface area contributed by atoms with Crippen LogP contribution in [0.2, 0.25) is 0 Å². The van der Waals surface area contributed by atoms with Gasteiger partial charge in [-0.25, -0.2) is 8.42 Å². The van der Waals surface area contributed by atoms with E-state index in [2.05, 4.69) is 12.2 Å². The average Bonchev–Trinajstić information content (AvgIpc) is 2.41. The van der Waals surface area contributed by atoms with Gasteiger partial charge in [0.2, 0.25) is 0 Å². The molecule has 1 atom stereocenters. The third kappa shape index (κ3) is 2.75. The van der Waals surface area contributed by atoms with Crippen molar-refractivity contribution < 1.29 is 8.42 Å². The lowest BCUT2D eigenvalue weighted by atomic mass is 10.1. The van der Waals surface area contributed by atoms with E-state index in [0.717, 1.165) is 37.8 Å². The van der Waals surface area contributed by atoms with Crippen LogP contribution in [-0.2, 0) is 16.3 Å². The maximum absolute atomic E-state index is 12.6. The first-order valence-electron chi connectivity index (χ1n) is 6.68. The highest BCUT2D eigenvalue weighted by atomic mass is 32.2. The second-order valence-electron chi connectivity index (χ2n) is 4.87. The minimum Gasteiger partial charge on any atom is -0.315 e. The molecule has 1 aromatic rings. The Labute approximate surface area is 110 Å². The van der Waals surface area contributed by atoms with Gasteiger partial charge in [-0.15, -0.1) is 0 Å². The smallest absolute Gasteiger partial charge is 0.182 e. The van der Waals surface area contributed by atoms with Gasteiger partial charge in [-0.2, -0.15) is 0 Å². The summed E-state index contributed by atoms with van der Waals surface area (Å²) in [4.78, 5) is 0.542. The number of hydrogen-bond acceptors (Lipinski definition) is 3. The van der Waals surface area contributed by atoms with Crippen LogP contribution < -0.4 is 5.32 Å². The van der Waals surface area contributed by atoms with Crippen LogP contribution in [0.3, 0.4) is 0 Å². The molecule has 0 radical (unpaired) electrons. The third-order valence-electron chi connectivity index (χ3n) is 3.49. The van der Waals surface area contributed by atoms with Gasteiger partial charge >= 0.3 is 0 Å². The van der Waals surface area contributed by atoms with Crippen molar-refractivity contribution in [1.29, 1.82) is 0 Å². The number of nitrogens with one attached hydrogen (secondary N) is 1. The molecule has 1 aliphatic rings. The molecule has 1 aromatic carbocycles. The predicted octanol–water partition coefficient (Wildman–Crippen LogP) is 2.16. The van der Waals surface area contributed by atoms with E-state index in [1.165, 1.54) is 0 Å². The average molecular weight is 267 g/mol. The minimum absolute atomic E-state index is 0.260. The summed E-state index contributed by atoms with van der Waals surface area (Å²) in [6, 6.07) is 7.44. The molecule has 1 unspecified atom stereocenters. The molecule has 0 aromatic heterocycles. The molecule has 1 aliphatic heterocycles. The molecule has 1 heterocycles. The molecule has 1 saturated heterocycles. The van der Waals surface area contributed by atoms with Gasteiger partial charge in [-0.05, 0) is 37.4 Å². The largest absolute Gasteiger partial charge is 0.315 e. The van der Waals surface area contributed by atoms with Gasteiger partial charge in [0.1, 0.15) is 0 Å². The Morgan fingerprint density at radius 1 is 1.33 bits per heavy atom. The molecule has 3 nitrogen and oxygen atoms in total. The van der Waals surface area contributed by atoms with Crippen LogP contribution in [0, 0.1) is 0 Å². The summed E-state index contributed by atoms with van der Waals surface area (Å²) >= 11 is 0. The zero-order valence-electron chi connectivity index (χ0n) is 10.9. The lowest BCUT2D eigenvalue weighted by Gasteiger charge is -2.24. The number of hydrogen-bond donors (Lipinski definition) is 1. The van der Waals surface area contributed by atoms with Gasteiger partial charge in [0.25, 0.3) is 0 Å². The molecule has 18 heavy (non-hydrogen) atoms. The SMILES string of the molecule is CCCc1ccccc1S(=O)(=O)C1CCCNC1. The van der Waals surface area contributed by atoms with Crippen molar-refractivity contribution in [2.24, 2.45) is 0 Å². The minimum atomic E-state index is -3.18. The molecule has 2 rings (SSSR count). The summed E-state index contributed by atoms with van der Waals surface area (Å²) in [5.74, 6) is 0. The summed E-state index contributed by atoms with van der Waals surface area (Å²) in [6.45, 7) is 3.59. The van der Waals surface area contributed by atoms with E-state index >= 15 is 0 Å². The van der Waals surface area contributed by atoms with E-state index in [1.807, 2.05) is 18.2 Å². The maximum Gasteiger partial charge on any atom is 0.182 e. The Morgan fingerprint density at radius 2 is 2.11 bits per heavy atom. The van der Waals surface area contributed by atoms with E-state index in [1.54, 1.807) is 6.07 Å². The Hall–Kier alpha value is -0.870. The van der Waals surface area contributed by atoms with E-state index in [0.29, 0.717) is 11.4 Å². The van der Waals surface area contributed by atoms with Gasteiger partial charge in [0.05, 0.1) is 10.1 Å². The zero-order valence-corrected chi connectivity index (χ0v) is 11.7. The molecule has 4 heteroatoms. The standard InChI is InChI=1S/C14H21NO2S/c1-2-6-12-7-3-4-9-14(12)18(16,17)13-8-5-10-15-11-13/h3-4,7,9,13,15H,2,5-6,8,10-11H2,1H3. The second kappa shape index (κ2) is 5.85. The van der Waals surface area contributed by atoms with E-state index in [4.69, 9.17) is 0 Å². The van der Waals surface area contributed by atoms with Crippen LogP contribution in [0.4, 0.5) is 0 Å². The number of aryl methyl sites for hydroxylation is 1. The summed E-state index contributed by atoms with van der Waals surface area (Å²) < 4.78 is 25.3. The molecule has 1 fully saturated rings. The molecular formula is C14H21NO2S.